The molecule has 0 atom stereocenters. The number of ether oxygens (including phenoxy) is 1. The molecule has 0 amide bonds. The molecule has 19 heavy (non-hydrogen) atoms. The summed E-state index contributed by atoms with van der Waals surface area (Å²) in [7, 11) is 0. The fourth-order valence-corrected chi connectivity index (χ4v) is 3.01. The van der Waals surface area contributed by atoms with Gasteiger partial charge < -0.3 is 4.74 Å². The van der Waals surface area contributed by atoms with Crippen LogP contribution in [0.2, 0.25) is 0 Å². The lowest BCUT2D eigenvalue weighted by molar-refractivity contribution is 0.0337. The molecule has 100 valence electrons. The van der Waals surface area contributed by atoms with Gasteiger partial charge in [0.15, 0.2) is 0 Å². The van der Waals surface area contributed by atoms with E-state index in [-0.39, 0.29) is 0 Å². The molecule has 0 saturated carbocycles. The van der Waals surface area contributed by atoms with E-state index >= 15 is 0 Å². The van der Waals surface area contributed by atoms with Crippen molar-refractivity contribution in [1.29, 1.82) is 0 Å². The Kier molecular flexibility index (Phi) is 3.92. The van der Waals surface area contributed by atoms with E-state index in [1.807, 2.05) is 0 Å². The third kappa shape index (κ3) is 3.21. The summed E-state index contributed by atoms with van der Waals surface area (Å²) < 4.78 is 5.36. The number of thiazole rings is 1. The third-order valence-corrected chi connectivity index (χ3v) is 4.28. The van der Waals surface area contributed by atoms with Gasteiger partial charge in [-0.1, -0.05) is 29.8 Å². The summed E-state index contributed by atoms with van der Waals surface area (Å²) in [6, 6.07) is 8.57. The Morgan fingerprint density at radius 2 is 1.95 bits per heavy atom. The van der Waals surface area contributed by atoms with E-state index < -0.39 is 0 Å². The Morgan fingerprint density at radius 3 is 2.68 bits per heavy atom. The van der Waals surface area contributed by atoms with Crippen LogP contribution in [0.1, 0.15) is 11.3 Å². The standard InChI is InChI=1S/C15H18N2OS/c1-12-2-4-13(5-3-12)15-16-14(11-19-15)10-17-6-8-18-9-7-17/h2-5,11H,6-10H2,1H3. The van der Waals surface area contributed by atoms with Gasteiger partial charge in [0.2, 0.25) is 0 Å². The number of aryl methyl sites for hydroxylation is 1. The maximum atomic E-state index is 5.36. The molecule has 0 aliphatic carbocycles. The maximum Gasteiger partial charge on any atom is 0.123 e. The van der Waals surface area contributed by atoms with Crippen molar-refractivity contribution >= 4 is 11.3 Å². The lowest BCUT2D eigenvalue weighted by Gasteiger charge is -2.25. The van der Waals surface area contributed by atoms with E-state index in [1.165, 1.54) is 16.8 Å². The minimum absolute atomic E-state index is 0.842. The summed E-state index contributed by atoms with van der Waals surface area (Å²) >= 11 is 1.73. The van der Waals surface area contributed by atoms with Crippen molar-refractivity contribution < 1.29 is 4.74 Å². The number of hydrogen-bond acceptors (Lipinski definition) is 4. The highest BCUT2D eigenvalue weighted by molar-refractivity contribution is 7.13. The first-order chi connectivity index (χ1) is 9.31. The van der Waals surface area contributed by atoms with Crippen LogP contribution >= 0.6 is 11.3 Å². The smallest absolute Gasteiger partial charge is 0.123 e. The SMILES string of the molecule is Cc1ccc(-c2nc(CN3CCOCC3)cs2)cc1. The minimum Gasteiger partial charge on any atom is -0.379 e. The monoisotopic (exact) mass is 274 g/mol. The lowest BCUT2D eigenvalue weighted by Crippen LogP contribution is -2.35. The fourth-order valence-electron chi connectivity index (χ4n) is 2.20. The first-order valence-electron chi connectivity index (χ1n) is 6.63. The number of aromatic nitrogens is 1. The summed E-state index contributed by atoms with van der Waals surface area (Å²) in [5.41, 5.74) is 3.67. The highest BCUT2D eigenvalue weighted by atomic mass is 32.1. The maximum absolute atomic E-state index is 5.36. The van der Waals surface area contributed by atoms with Crippen LogP contribution in [0.25, 0.3) is 10.6 Å². The third-order valence-electron chi connectivity index (χ3n) is 3.34. The molecule has 1 aliphatic rings. The van der Waals surface area contributed by atoms with Crippen LogP contribution < -0.4 is 0 Å². The Labute approximate surface area is 117 Å². The molecule has 3 rings (SSSR count). The van der Waals surface area contributed by atoms with Crippen molar-refractivity contribution in [2.45, 2.75) is 13.5 Å². The topological polar surface area (TPSA) is 25.4 Å². The zero-order valence-electron chi connectivity index (χ0n) is 11.1. The van der Waals surface area contributed by atoms with Gasteiger partial charge in [-0.15, -0.1) is 11.3 Å². The molecule has 4 heteroatoms. The molecule has 0 radical (unpaired) electrons. The van der Waals surface area contributed by atoms with Gasteiger partial charge in [-0.25, -0.2) is 4.98 Å². The van der Waals surface area contributed by atoms with Crippen molar-refractivity contribution in [3.63, 3.8) is 0 Å². The van der Waals surface area contributed by atoms with Crippen LogP contribution in [0.15, 0.2) is 29.6 Å². The number of benzene rings is 1. The Morgan fingerprint density at radius 1 is 1.21 bits per heavy atom. The molecule has 1 aromatic heterocycles. The normalized spacial score (nSPS) is 16.7. The zero-order chi connectivity index (χ0) is 13.1. The number of nitrogens with zero attached hydrogens (tertiary/aromatic N) is 2. The van der Waals surface area contributed by atoms with E-state index in [1.54, 1.807) is 11.3 Å². The Bertz CT molecular complexity index is 529. The van der Waals surface area contributed by atoms with Gasteiger partial charge in [-0.2, -0.15) is 0 Å². The van der Waals surface area contributed by atoms with Crippen LogP contribution in [0, 0.1) is 6.92 Å². The molecule has 1 fully saturated rings. The van der Waals surface area contributed by atoms with Gasteiger partial charge in [0.05, 0.1) is 18.9 Å². The van der Waals surface area contributed by atoms with E-state index in [9.17, 15) is 0 Å². The largest absolute Gasteiger partial charge is 0.379 e. The molecule has 0 unspecified atom stereocenters. The van der Waals surface area contributed by atoms with Crippen molar-refractivity contribution in [1.82, 2.24) is 9.88 Å². The van der Waals surface area contributed by atoms with Crippen molar-refractivity contribution in [3.05, 3.63) is 40.9 Å². The van der Waals surface area contributed by atoms with E-state index in [2.05, 4.69) is 41.5 Å². The molecule has 0 N–H and O–H groups in total. The molecule has 1 aliphatic heterocycles. The van der Waals surface area contributed by atoms with Crippen LogP contribution in [-0.4, -0.2) is 36.2 Å². The molecule has 3 nitrogen and oxygen atoms in total. The molecular formula is C15H18N2OS. The van der Waals surface area contributed by atoms with Crippen molar-refractivity contribution in [2.24, 2.45) is 0 Å². The van der Waals surface area contributed by atoms with E-state index in [4.69, 9.17) is 9.72 Å². The zero-order valence-corrected chi connectivity index (χ0v) is 11.9. The predicted molar refractivity (Wildman–Crippen MR) is 78.4 cm³/mol. The van der Waals surface area contributed by atoms with Crippen LogP contribution in [0.4, 0.5) is 0 Å². The first-order valence-corrected chi connectivity index (χ1v) is 7.51. The van der Waals surface area contributed by atoms with Crippen LogP contribution in [0.5, 0.6) is 0 Å². The highest BCUT2D eigenvalue weighted by Crippen LogP contribution is 2.24. The molecule has 1 saturated heterocycles. The van der Waals surface area contributed by atoms with Gasteiger partial charge in [0.25, 0.3) is 0 Å². The number of morpholine rings is 1. The number of hydrogen-bond donors (Lipinski definition) is 0. The fraction of sp³-hybridized carbons (Fsp3) is 0.400. The van der Waals surface area contributed by atoms with E-state index in [0.29, 0.717) is 0 Å². The van der Waals surface area contributed by atoms with Crippen LogP contribution in [-0.2, 0) is 11.3 Å². The first kappa shape index (κ1) is 12.8. The van der Waals surface area contributed by atoms with Gasteiger partial charge in [0, 0.05) is 30.6 Å². The summed E-state index contributed by atoms with van der Waals surface area (Å²) in [4.78, 5) is 7.14. The molecule has 0 bridgehead atoms. The second-order valence-electron chi connectivity index (χ2n) is 4.90. The molecule has 2 aromatic rings. The average molecular weight is 274 g/mol. The summed E-state index contributed by atoms with van der Waals surface area (Å²) in [5, 5.41) is 3.29. The van der Waals surface area contributed by atoms with E-state index in [0.717, 1.165) is 37.9 Å². The summed E-state index contributed by atoms with van der Waals surface area (Å²) in [6.45, 7) is 6.75. The molecule has 0 spiro atoms. The van der Waals surface area contributed by atoms with Gasteiger partial charge in [-0.3, -0.25) is 4.90 Å². The number of rotatable bonds is 3. The summed E-state index contributed by atoms with van der Waals surface area (Å²) in [6.07, 6.45) is 0. The van der Waals surface area contributed by atoms with Crippen molar-refractivity contribution in [3.8, 4) is 10.6 Å². The summed E-state index contributed by atoms with van der Waals surface area (Å²) in [5.74, 6) is 0. The minimum atomic E-state index is 0.842. The Balaban J connectivity index is 1.70. The predicted octanol–water partition coefficient (Wildman–Crippen LogP) is 2.95. The molecule has 1 aromatic carbocycles. The van der Waals surface area contributed by atoms with Gasteiger partial charge >= 0.3 is 0 Å². The molecule has 2 heterocycles. The highest BCUT2D eigenvalue weighted by Gasteiger charge is 2.12. The van der Waals surface area contributed by atoms with Crippen LogP contribution in [0.3, 0.4) is 0 Å². The average Bonchev–Trinajstić information content (AvgIpc) is 2.89. The Hall–Kier alpha value is -1.23. The van der Waals surface area contributed by atoms with Gasteiger partial charge in [0.1, 0.15) is 5.01 Å². The second-order valence-corrected chi connectivity index (χ2v) is 5.76. The quantitative estimate of drug-likeness (QED) is 0.860. The van der Waals surface area contributed by atoms with Gasteiger partial charge in [-0.05, 0) is 6.92 Å². The molecular weight excluding hydrogens is 256 g/mol. The second kappa shape index (κ2) is 5.82. The van der Waals surface area contributed by atoms with Crippen molar-refractivity contribution in [2.75, 3.05) is 26.3 Å². The lowest BCUT2D eigenvalue weighted by atomic mass is 10.2.